The molecule has 0 aromatic carbocycles. The molecule has 0 fully saturated rings. The Morgan fingerprint density at radius 2 is 2.11 bits per heavy atom. The van der Waals surface area contributed by atoms with E-state index in [1.54, 1.807) is 6.08 Å². The van der Waals surface area contributed by atoms with Gasteiger partial charge in [-0.15, -0.1) is 6.58 Å². The zero-order chi connectivity index (χ0) is 6.57. The predicted octanol–water partition coefficient (Wildman–Crippen LogP) is 1.24. The normalized spacial score (nSPS) is 7.11. The van der Waals surface area contributed by atoms with Gasteiger partial charge in [0.2, 0.25) is 5.91 Å². The van der Waals surface area contributed by atoms with E-state index in [2.05, 4.69) is 13.2 Å². The Labute approximate surface area is 56.1 Å². The molecule has 0 spiro atoms. The third kappa shape index (κ3) is 4.81. The van der Waals surface area contributed by atoms with Gasteiger partial charge in [0.15, 0.2) is 0 Å². The van der Waals surface area contributed by atoms with E-state index in [0.29, 0.717) is 12.0 Å². The highest BCUT2D eigenvalue weighted by molar-refractivity contribution is 5.91. The van der Waals surface area contributed by atoms with Gasteiger partial charge in [-0.1, -0.05) is 20.1 Å². The molecule has 2 N–H and O–H groups in total. The molecule has 2 nitrogen and oxygen atoms in total. The smallest absolute Gasteiger partial charge is 0.244 e. The quantitative estimate of drug-likeness (QED) is 0.450. The summed E-state index contributed by atoms with van der Waals surface area (Å²) >= 11 is 0. The molecule has 0 aliphatic rings. The largest absolute Gasteiger partial charge is 0.366 e. The number of nitrogens with two attached hydrogens (primary N) is 1. The lowest BCUT2D eigenvalue weighted by Crippen LogP contribution is -2.12. The lowest BCUT2D eigenvalue weighted by atomic mass is 10.2. The molecule has 0 radical (unpaired) electrons. The zero-order valence-corrected chi connectivity index (χ0v) is 4.68. The van der Waals surface area contributed by atoms with E-state index < -0.39 is 5.91 Å². The van der Waals surface area contributed by atoms with Crippen molar-refractivity contribution in [2.75, 3.05) is 0 Å². The molecule has 0 saturated carbocycles. The number of carbonyl (C=O) groups is 1. The van der Waals surface area contributed by atoms with E-state index in [0.717, 1.165) is 0 Å². The maximum Gasteiger partial charge on any atom is 0.244 e. The van der Waals surface area contributed by atoms with Crippen molar-refractivity contribution in [2.24, 2.45) is 5.73 Å². The van der Waals surface area contributed by atoms with E-state index in [1.165, 1.54) is 0 Å². The van der Waals surface area contributed by atoms with Crippen LogP contribution < -0.4 is 5.73 Å². The molecule has 2 heteroatoms. The summed E-state index contributed by atoms with van der Waals surface area (Å²) in [6.45, 7) is 6.81. The van der Waals surface area contributed by atoms with Crippen molar-refractivity contribution >= 4 is 5.91 Å². The van der Waals surface area contributed by atoms with Gasteiger partial charge >= 0.3 is 0 Å². The summed E-state index contributed by atoms with van der Waals surface area (Å²) in [5.41, 5.74) is 5.24. The van der Waals surface area contributed by atoms with Gasteiger partial charge in [-0.3, -0.25) is 4.79 Å². The van der Waals surface area contributed by atoms with Crippen molar-refractivity contribution in [2.45, 2.75) is 13.8 Å². The van der Waals surface area contributed by atoms with Crippen LogP contribution >= 0.6 is 0 Å². The van der Waals surface area contributed by atoms with Gasteiger partial charge in [0.1, 0.15) is 0 Å². The van der Waals surface area contributed by atoms with Crippen LogP contribution in [0.4, 0.5) is 0 Å². The van der Waals surface area contributed by atoms with Crippen molar-refractivity contribution in [3.63, 3.8) is 0 Å². The second kappa shape index (κ2) is 5.09. The molecule has 0 aliphatic heterocycles. The molecule has 0 rings (SSSR count). The molecular weight excluding hydrogens is 114 g/mol. The molecule has 0 heterocycles. The lowest BCUT2D eigenvalue weighted by Gasteiger charge is -1.90. The maximum absolute atomic E-state index is 10.2. The van der Waals surface area contributed by atoms with Crippen LogP contribution in [0.1, 0.15) is 13.8 Å². The standard InChI is InChI=1S/C6H9NO.CH4/c1-3-4-5(2)6(7)8;/h3H,1-2,4H2,(H2,7,8);1H4. The minimum atomic E-state index is -0.454. The summed E-state index contributed by atoms with van der Waals surface area (Å²) in [6.07, 6.45) is 2.07. The molecule has 0 saturated heterocycles. The Hall–Kier alpha value is -1.05. The van der Waals surface area contributed by atoms with Crippen LogP contribution in [0.25, 0.3) is 0 Å². The van der Waals surface area contributed by atoms with E-state index >= 15 is 0 Å². The van der Waals surface area contributed by atoms with Crippen molar-refractivity contribution in [1.82, 2.24) is 0 Å². The average Bonchev–Trinajstić information content (AvgIpc) is 1.67. The van der Waals surface area contributed by atoms with Crippen LogP contribution in [0, 0.1) is 0 Å². The van der Waals surface area contributed by atoms with Gasteiger partial charge in [-0.05, 0) is 6.42 Å². The fraction of sp³-hybridized carbons (Fsp3) is 0.286. The van der Waals surface area contributed by atoms with Gasteiger partial charge in [-0.2, -0.15) is 0 Å². The fourth-order valence-electron chi connectivity index (χ4n) is 0.275. The van der Waals surface area contributed by atoms with Crippen molar-refractivity contribution in [3.05, 3.63) is 24.8 Å². The first-order valence-corrected chi connectivity index (χ1v) is 2.27. The first-order valence-electron chi connectivity index (χ1n) is 2.27. The Bertz CT molecular complexity index is 127. The Morgan fingerprint density at radius 3 is 2.22 bits per heavy atom. The number of allylic oxidation sites excluding steroid dienone is 1. The number of hydrogen-bond donors (Lipinski definition) is 1. The SMILES string of the molecule is C.C=CCC(=C)C(N)=O. The van der Waals surface area contributed by atoms with Crippen LogP contribution in [0.3, 0.4) is 0 Å². The van der Waals surface area contributed by atoms with E-state index in [4.69, 9.17) is 5.73 Å². The van der Waals surface area contributed by atoms with Crippen LogP contribution in [0.15, 0.2) is 24.8 Å². The number of hydrogen-bond acceptors (Lipinski definition) is 1. The molecule has 0 aromatic heterocycles. The fourth-order valence-corrected chi connectivity index (χ4v) is 0.275. The Balaban J connectivity index is 0. The minimum absolute atomic E-state index is 0. The van der Waals surface area contributed by atoms with Crippen molar-refractivity contribution < 1.29 is 4.79 Å². The lowest BCUT2D eigenvalue weighted by molar-refractivity contribution is -0.114. The summed E-state index contributed by atoms with van der Waals surface area (Å²) in [6, 6.07) is 0. The van der Waals surface area contributed by atoms with Crippen molar-refractivity contribution in [1.29, 1.82) is 0 Å². The van der Waals surface area contributed by atoms with Crippen molar-refractivity contribution in [3.8, 4) is 0 Å². The van der Waals surface area contributed by atoms with E-state index in [-0.39, 0.29) is 7.43 Å². The molecular formula is C7H13NO. The van der Waals surface area contributed by atoms with Gasteiger partial charge < -0.3 is 5.73 Å². The third-order valence-electron chi connectivity index (χ3n) is 0.739. The van der Waals surface area contributed by atoms with Crippen LogP contribution in [0.5, 0.6) is 0 Å². The van der Waals surface area contributed by atoms with E-state index in [1.807, 2.05) is 0 Å². The highest BCUT2D eigenvalue weighted by Crippen LogP contribution is 1.94. The molecule has 1 amide bonds. The van der Waals surface area contributed by atoms with Gasteiger partial charge in [0.25, 0.3) is 0 Å². The number of rotatable bonds is 3. The predicted molar refractivity (Wildman–Crippen MR) is 39.9 cm³/mol. The second-order valence-electron chi connectivity index (χ2n) is 1.46. The molecule has 0 aromatic rings. The van der Waals surface area contributed by atoms with Gasteiger partial charge in [0, 0.05) is 5.57 Å². The summed E-state index contributed by atoms with van der Waals surface area (Å²) in [7, 11) is 0. The van der Waals surface area contributed by atoms with Crippen LogP contribution in [0.2, 0.25) is 0 Å². The van der Waals surface area contributed by atoms with Gasteiger partial charge in [-0.25, -0.2) is 0 Å². The number of primary amides is 1. The zero-order valence-electron chi connectivity index (χ0n) is 4.68. The molecule has 0 aliphatic carbocycles. The Morgan fingerprint density at radius 1 is 1.67 bits per heavy atom. The first-order chi connectivity index (χ1) is 3.68. The average molecular weight is 127 g/mol. The van der Waals surface area contributed by atoms with Crippen LogP contribution in [-0.2, 0) is 4.79 Å². The third-order valence-corrected chi connectivity index (χ3v) is 0.739. The summed E-state index contributed by atoms with van der Waals surface area (Å²) in [5.74, 6) is -0.454. The molecule has 0 unspecified atom stereocenters. The monoisotopic (exact) mass is 127 g/mol. The topological polar surface area (TPSA) is 43.1 Å². The molecule has 0 atom stereocenters. The second-order valence-corrected chi connectivity index (χ2v) is 1.46. The molecule has 52 valence electrons. The summed E-state index contributed by atoms with van der Waals surface area (Å²) in [4.78, 5) is 10.2. The number of carbonyl (C=O) groups excluding carboxylic acids is 1. The first kappa shape index (κ1) is 10.8. The molecule has 0 bridgehead atoms. The summed E-state index contributed by atoms with van der Waals surface area (Å²) in [5, 5.41) is 0. The highest BCUT2D eigenvalue weighted by atomic mass is 16.1. The Kier molecular flexibility index (Phi) is 6.14. The molecule has 9 heavy (non-hydrogen) atoms. The van der Waals surface area contributed by atoms with Crippen LogP contribution in [-0.4, -0.2) is 5.91 Å². The highest BCUT2D eigenvalue weighted by Gasteiger charge is 1.95. The van der Waals surface area contributed by atoms with E-state index in [9.17, 15) is 4.79 Å². The van der Waals surface area contributed by atoms with Gasteiger partial charge in [0.05, 0.1) is 0 Å². The minimum Gasteiger partial charge on any atom is -0.366 e. The summed E-state index contributed by atoms with van der Waals surface area (Å²) < 4.78 is 0. The maximum atomic E-state index is 10.2. The number of amides is 1.